The standard InChI is InChI=1S/C22H13N3.C14H12N2.Ir/c1-2-5-15-13-19-16(12-14(15)4-1)7-8-18-20(19)17-6-3-9-23-21(17)25-11-10-24-22(18)25;1-15-11-16(12-7-3-2-4-8-12)14-10-6-5-9-13(14)15;/h1-13H;2-7,9-11H,1H3;/q;-2;+3. The van der Waals surface area contributed by atoms with Crippen molar-refractivity contribution >= 4 is 66.1 Å². The summed E-state index contributed by atoms with van der Waals surface area (Å²) in [5.41, 5.74) is 5.39. The van der Waals surface area contributed by atoms with E-state index in [1.807, 2.05) is 42.9 Å². The Morgan fingerprint density at radius 1 is 0.690 bits per heavy atom. The number of pyridine rings is 2. The summed E-state index contributed by atoms with van der Waals surface area (Å²) in [7, 11) is 2.06. The van der Waals surface area contributed by atoms with Crippen LogP contribution >= 0.6 is 0 Å². The van der Waals surface area contributed by atoms with Gasteiger partial charge in [0.15, 0.2) is 11.3 Å². The Hall–Kier alpha value is -4.77. The van der Waals surface area contributed by atoms with Gasteiger partial charge in [-0.25, -0.2) is 0 Å². The van der Waals surface area contributed by atoms with Crippen molar-refractivity contribution in [3.63, 3.8) is 0 Å². The van der Waals surface area contributed by atoms with E-state index in [2.05, 4.69) is 129 Å². The van der Waals surface area contributed by atoms with Gasteiger partial charge in [-0.3, -0.25) is 0 Å². The molecule has 0 N–H and O–H groups in total. The third-order valence-corrected chi connectivity index (χ3v) is 7.81. The Morgan fingerprint density at radius 2 is 1.43 bits per heavy atom. The Balaban J connectivity index is 0.000000147. The number of anilines is 3. The summed E-state index contributed by atoms with van der Waals surface area (Å²) in [5, 5.41) is 8.55. The largest absolute Gasteiger partial charge is 3.00 e. The van der Waals surface area contributed by atoms with Crippen molar-refractivity contribution in [3.8, 4) is 0 Å². The average molecular weight is 720 g/mol. The van der Waals surface area contributed by atoms with Crippen LogP contribution in [0, 0.1) is 12.7 Å². The summed E-state index contributed by atoms with van der Waals surface area (Å²) in [6.07, 6.45) is 5.66. The third-order valence-electron chi connectivity index (χ3n) is 7.81. The van der Waals surface area contributed by atoms with Crippen LogP contribution in [-0.2, 0) is 20.1 Å². The molecule has 8 aromatic rings. The van der Waals surface area contributed by atoms with Crippen LogP contribution in [0.2, 0.25) is 0 Å². The van der Waals surface area contributed by atoms with Gasteiger partial charge < -0.3 is 14.2 Å². The molecule has 0 saturated carbocycles. The predicted octanol–water partition coefficient (Wildman–Crippen LogP) is 7.74. The first kappa shape index (κ1) is 26.1. The fourth-order valence-electron chi connectivity index (χ4n) is 5.94. The molecule has 3 aromatic heterocycles. The number of imidazole rings is 1. The number of hydrogen-bond acceptors (Lipinski definition) is 4. The molecule has 0 saturated heterocycles. The van der Waals surface area contributed by atoms with E-state index in [0.29, 0.717) is 0 Å². The van der Waals surface area contributed by atoms with E-state index in [1.165, 1.54) is 38.3 Å². The Morgan fingerprint density at radius 3 is 2.26 bits per heavy atom. The second kappa shape index (κ2) is 10.6. The van der Waals surface area contributed by atoms with Crippen LogP contribution in [0.5, 0.6) is 0 Å². The Bertz CT molecular complexity index is 2220. The molecule has 4 heterocycles. The number of benzene rings is 5. The zero-order valence-electron chi connectivity index (χ0n) is 22.8. The number of rotatable bonds is 1. The van der Waals surface area contributed by atoms with Gasteiger partial charge in [-0.15, -0.1) is 5.69 Å². The number of fused-ring (bicyclic) bond motifs is 10. The van der Waals surface area contributed by atoms with Gasteiger partial charge in [-0.1, -0.05) is 54.6 Å². The summed E-state index contributed by atoms with van der Waals surface area (Å²) >= 11 is 0. The van der Waals surface area contributed by atoms with Gasteiger partial charge in [0.05, 0.1) is 12.4 Å². The first-order valence-electron chi connectivity index (χ1n) is 13.6. The molecule has 0 aliphatic carbocycles. The zero-order chi connectivity index (χ0) is 27.3. The van der Waals surface area contributed by atoms with E-state index in [-0.39, 0.29) is 20.1 Å². The normalized spacial score (nSPS) is 12.5. The number of aromatic nitrogens is 3. The third kappa shape index (κ3) is 4.19. The molecule has 0 bridgehead atoms. The van der Waals surface area contributed by atoms with E-state index < -0.39 is 0 Å². The molecule has 6 heteroatoms. The van der Waals surface area contributed by atoms with E-state index in [1.54, 1.807) is 0 Å². The van der Waals surface area contributed by atoms with Crippen molar-refractivity contribution in [3.05, 3.63) is 141 Å². The average Bonchev–Trinajstić information content (AvgIpc) is 3.66. The van der Waals surface area contributed by atoms with Crippen LogP contribution in [0.25, 0.3) is 49.0 Å². The maximum atomic E-state index is 4.62. The van der Waals surface area contributed by atoms with Crippen molar-refractivity contribution in [1.29, 1.82) is 0 Å². The SMILES string of the molecule is CN1[CH-]N(c2[c-]cccc2)c2ccccc21.[Ir+3].c1ccc2cc3c(ccc4c3c3cccnc3[n+]3[cH-]cnc43)cc2c1. The molecule has 1 aliphatic rings. The van der Waals surface area contributed by atoms with E-state index >= 15 is 0 Å². The maximum Gasteiger partial charge on any atom is 3.00 e. The molecule has 0 unspecified atom stereocenters. The summed E-state index contributed by atoms with van der Waals surface area (Å²) < 4.78 is 2.07. The van der Waals surface area contributed by atoms with Crippen LogP contribution in [-0.4, -0.2) is 17.0 Å². The van der Waals surface area contributed by atoms with E-state index in [0.717, 1.165) is 27.8 Å². The van der Waals surface area contributed by atoms with Gasteiger partial charge in [0.25, 0.3) is 0 Å². The Kier molecular flexibility index (Phi) is 6.58. The van der Waals surface area contributed by atoms with Gasteiger partial charge >= 0.3 is 20.1 Å². The van der Waals surface area contributed by atoms with Gasteiger partial charge in [0.1, 0.15) is 0 Å². The number of para-hydroxylation sites is 3. The summed E-state index contributed by atoms with van der Waals surface area (Å²) in [6, 6.07) is 41.2. The second-order valence-electron chi connectivity index (χ2n) is 10.2. The fourth-order valence-corrected chi connectivity index (χ4v) is 5.94. The molecule has 202 valence electrons. The molecule has 1 aliphatic heterocycles. The van der Waals surface area contributed by atoms with Crippen LogP contribution in [0.1, 0.15) is 0 Å². The van der Waals surface area contributed by atoms with Crippen molar-refractivity contribution in [2.45, 2.75) is 0 Å². The summed E-state index contributed by atoms with van der Waals surface area (Å²) in [6.45, 7) is 2.08. The first-order valence-corrected chi connectivity index (χ1v) is 13.6. The molecule has 0 amide bonds. The molecular weight excluding hydrogens is 695 g/mol. The van der Waals surface area contributed by atoms with E-state index in [4.69, 9.17) is 0 Å². The molecule has 5 nitrogen and oxygen atoms in total. The Labute approximate surface area is 257 Å². The molecule has 0 radical (unpaired) electrons. The summed E-state index contributed by atoms with van der Waals surface area (Å²) in [4.78, 5) is 13.5. The van der Waals surface area contributed by atoms with Crippen LogP contribution < -0.4 is 14.2 Å². The van der Waals surface area contributed by atoms with Crippen LogP contribution in [0.4, 0.5) is 17.1 Å². The van der Waals surface area contributed by atoms with Crippen molar-refractivity contribution in [1.82, 2.24) is 9.97 Å². The quantitative estimate of drug-likeness (QED) is 0.0754. The summed E-state index contributed by atoms with van der Waals surface area (Å²) in [5.74, 6) is 0. The first-order chi connectivity index (χ1) is 20.3. The van der Waals surface area contributed by atoms with Gasteiger partial charge in [-0.05, 0) is 70.5 Å². The van der Waals surface area contributed by atoms with Gasteiger partial charge in [0.2, 0.25) is 0 Å². The fraction of sp³-hybridized carbons (Fsp3) is 0.0278. The molecule has 42 heavy (non-hydrogen) atoms. The molecule has 0 atom stereocenters. The van der Waals surface area contributed by atoms with Crippen molar-refractivity contribution in [2.24, 2.45) is 0 Å². The van der Waals surface area contributed by atoms with Crippen LogP contribution in [0.15, 0.2) is 128 Å². The van der Waals surface area contributed by atoms with Gasteiger partial charge in [-0.2, -0.15) is 47.0 Å². The molecule has 5 aromatic carbocycles. The molecular formula is C36H25IrN5+. The van der Waals surface area contributed by atoms with Crippen LogP contribution in [0.3, 0.4) is 0 Å². The topological polar surface area (TPSA) is 36.4 Å². The van der Waals surface area contributed by atoms with Crippen molar-refractivity contribution in [2.75, 3.05) is 16.8 Å². The zero-order valence-corrected chi connectivity index (χ0v) is 25.2. The minimum absolute atomic E-state index is 0. The molecule has 0 fully saturated rings. The molecule has 9 rings (SSSR count). The monoisotopic (exact) mass is 720 g/mol. The predicted molar refractivity (Wildman–Crippen MR) is 167 cm³/mol. The molecule has 0 spiro atoms. The number of hydrogen-bond donors (Lipinski definition) is 0. The minimum atomic E-state index is 0. The second-order valence-corrected chi connectivity index (χ2v) is 10.2. The van der Waals surface area contributed by atoms with E-state index in [9.17, 15) is 0 Å². The van der Waals surface area contributed by atoms with Crippen molar-refractivity contribution < 1.29 is 24.5 Å². The number of nitrogens with zero attached hydrogens (tertiary/aromatic N) is 5. The van der Waals surface area contributed by atoms with Gasteiger partial charge in [0, 0.05) is 22.1 Å². The maximum absolute atomic E-state index is 4.62. The smallest absolute Gasteiger partial charge is 0.504 e. The minimum Gasteiger partial charge on any atom is -0.504 e.